The number of amides is 1. The summed E-state index contributed by atoms with van der Waals surface area (Å²) < 4.78 is 1.36. The van der Waals surface area contributed by atoms with Gasteiger partial charge in [-0.15, -0.1) is 0 Å². The van der Waals surface area contributed by atoms with Crippen LogP contribution in [0.1, 0.15) is 15.9 Å². The molecule has 0 aliphatic carbocycles. The Kier molecular flexibility index (Phi) is 4.01. The fourth-order valence-corrected chi connectivity index (χ4v) is 2.72. The van der Waals surface area contributed by atoms with Crippen molar-refractivity contribution in [2.45, 2.75) is 6.61 Å². The molecule has 0 saturated heterocycles. The van der Waals surface area contributed by atoms with Gasteiger partial charge in [-0.05, 0) is 18.2 Å². The summed E-state index contributed by atoms with van der Waals surface area (Å²) in [5.41, 5.74) is 6.89. The first-order valence-corrected chi connectivity index (χ1v) is 7.29. The van der Waals surface area contributed by atoms with Gasteiger partial charge in [-0.25, -0.2) is 0 Å². The average Bonchev–Trinajstić information content (AvgIpc) is 2.60. The summed E-state index contributed by atoms with van der Waals surface area (Å²) in [6, 6.07) is 8.51. The molecule has 1 aromatic carbocycles. The van der Waals surface area contributed by atoms with Crippen LogP contribution in [0.15, 0.2) is 47.5 Å². The molecule has 3 aromatic rings. The lowest BCUT2D eigenvalue weighted by Crippen LogP contribution is -2.29. The van der Waals surface area contributed by atoms with E-state index >= 15 is 0 Å². The first-order valence-electron chi connectivity index (χ1n) is 7.29. The van der Waals surface area contributed by atoms with Crippen molar-refractivity contribution in [3.05, 3.63) is 64.2 Å². The van der Waals surface area contributed by atoms with Gasteiger partial charge >= 0.3 is 0 Å². The number of para-hydroxylation sites is 1. The number of nitrogens with zero attached hydrogens (tertiary/aromatic N) is 2. The number of nitrogens with one attached hydrogen (secondary N) is 1. The topological polar surface area (TPSA) is 110 Å². The van der Waals surface area contributed by atoms with Crippen LogP contribution in [0.5, 0.6) is 0 Å². The molecule has 122 valence electrons. The monoisotopic (exact) mass is 324 g/mol. The third-order valence-electron chi connectivity index (χ3n) is 3.86. The van der Waals surface area contributed by atoms with E-state index in [1.807, 2.05) is 12.1 Å². The number of carbonyl (C=O) groups is 1. The Balaban J connectivity index is 2.55. The number of primary amides is 1. The van der Waals surface area contributed by atoms with Gasteiger partial charge in [-0.2, -0.15) is 0 Å². The van der Waals surface area contributed by atoms with Crippen LogP contribution < -0.4 is 16.6 Å². The van der Waals surface area contributed by atoms with Crippen LogP contribution in [0, 0.1) is 0 Å². The molecule has 0 atom stereocenters. The molecule has 0 aliphatic heterocycles. The molecule has 0 radical (unpaired) electrons. The van der Waals surface area contributed by atoms with Gasteiger partial charge in [-0.3, -0.25) is 19.1 Å². The van der Waals surface area contributed by atoms with Gasteiger partial charge in [-0.1, -0.05) is 12.1 Å². The Morgan fingerprint density at radius 2 is 2.17 bits per heavy atom. The zero-order valence-corrected chi connectivity index (χ0v) is 13.0. The highest BCUT2D eigenvalue weighted by Crippen LogP contribution is 2.26. The van der Waals surface area contributed by atoms with Crippen molar-refractivity contribution in [2.24, 2.45) is 5.73 Å². The summed E-state index contributed by atoms with van der Waals surface area (Å²) in [5, 5.41) is 13.3. The number of carbonyl (C=O) groups excluding carboxylic acids is 1. The molecule has 0 saturated carbocycles. The minimum Gasteiger partial charge on any atom is -0.392 e. The second kappa shape index (κ2) is 6.13. The van der Waals surface area contributed by atoms with E-state index in [0.29, 0.717) is 27.8 Å². The molecule has 0 spiro atoms. The summed E-state index contributed by atoms with van der Waals surface area (Å²) in [6.45, 7) is -0.270. The number of anilines is 1. The van der Waals surface area contributed by atoms with Crippen molar-refractivity contribution in [1.82, 2.24) is 9.55 Å². The van der Waals surface area contributed by atoms with Gasteiger partial charge in [0.15, 0.2) is 0 Å². The number of aliphatic hydroxyl groups is 1. The number of benzene rings is 1. The minimum absolute atomic E-state index is 0.122. The lowest BCUT2D eigenvalue weighted by molar-refractivity contribution is 0.0999. The Bertz CT molecular complexity index is 995. The lowest BCUT2D eigenvalue weighted by Gasteiger charge is -2.17. The van der Waals surface area contributed by atoms with Crippen molar-refractivity contribution in [3.63, 3.8) is 0 Å². The second-order valence-corrected chi connectivity index (χ2v) is 5.22. The SMILES string of the molecule is CNc1cccc2cc(C(N)=O)c(=O)n(-c3cnccc3CO)c12. The Hall–Kier alpha value is -3.19. The summed E-state index contributed by atoms with van der Waals surface area (Å²) in [7, 11) is 1.74. The summed E-state index contributed by atoms with van der Waals surface area (Å²) in [4.78, 5) is 28.6. The van der Waals surface area contributed by atoms with E-state index in [9.17, 15) is 14.7 Å². The number of aliphatic hydroxyl groups excluding tert-OH is 1. The van der Waals surface area contributed by atoms with E-state index in [1.165, 1.54) is 23.0 Å². The van der Waals surface area contributed by atoms with Crippen LogP contribution >= 0.6 is 0 Å². The highest BCUT2D eigenvalue weighted by atomic mass is 16.3. The Labute approximate surface area is 137 Å². The predicted molar refractivity (Wildman–Crippen MR) is 91.3 cm³/mol. The maximum Gasteiger partial charge on any atom is 0.268 e. The molecule has 1 amide bonds. The van der Waals surface area contributed by atoms with Crippen molar-refractivity contribution >= 4 is 22.5 Å². The standard InChI is InChI=1S/C17H16N4O3/c1-19-13-4-2-3-10-7-12(16(18)23)17(24)21(15(10)13)14-8-20-6-5-11(14)9-22/h2-8,19,22H,9H2,1H3,(H2,18,23). The number of nitrogens with two attached hydrogens (primary N) is 1. The van der Waals surface area contributed by atoms with Gasteiger partial charge in [0.05, 0.1) is 29.7 Å². The molecule has 24 heavy (non-hydrogen) atoms. The second-order valence-electron chi connectivity index (χ2n) is 5.22. The predicted octanol–water partition coefficient (Wildman–Crippen LogP) is 1.02. The molecule has 4 N–H and O–H groups in total. The summed E-state index contributed by atoms with van der Waals surface area (Å²) in [5.74, 6) is -0.806. The maximum absolute atomic E-state index is 12.9. The minimum atomic E-state index is -0.806. The van der Waals surface area contributed by atoms with Crippen LogP contribution in [0.25, 0.3) is 16.6 Å². The zero-order valence-electron chi connectivity index (χ0n) is 13.0. The van der Waals surface area contributed by atoms with Gasteiger partial charge in [0, 0.05) is 24.2 Å². The number of hydrogen-bond acceptors (Lipinski definition) is 5. The van der Waals surface area contributed by atoms with Crippen LogP contribution in [0.2, 0.25) is 0 Å². The van der Waals surface area contributed by atoms with E-state index in [2.05, 4.69) is 10.3 Å². The van der Waals surface area contributed by atoms with Gasteiger partial charge < -0.3 is 16.2 Å². The quantitative estimate of drug-likeness (QED) is 0.663. The fraction of sp³-hybridized carbons (Fsp3) is 0.118. The molecule has 7 heteroatoms. The summed E-state index contributed by atoms with van der Waals surface area (Å²) >= 11 is 0. The molecule has 3 rings (SSSR count). The van der Waals surface area contributed by atoms with Gasteiger partial charge in [0.2, 0.25) is 0 Å². The van der Waals surface area contributed by atoms with Gasteiger partial charge in [0.25, 0.3) is 11.5 Å². The molecular formula is C17H16N4O3. The molecule has 0 fully saturated rings. The number of hydrogen-bond donors (Lipinski definition) is 3. The third kappa shape index (κ3) is 2.40. The number of aromatic nitrogens is 2. The first-order chi connectivity index (χ1) is 11.6. The highest BCUT2D eigenvalue weighted by molar-refractivity contribution is 5.99. The zero-order chi connectivity index (χ0) is 17.3. The fourth-order valence-electron chi connectivity index (χ4n) is 2.72. The van der Waals surface area contributed by atoms with Crippen molar-refractivity contribution < 1.29 is 9.90 Å². The Morgan fingerprint density at radius 1 is 1.38 bits per heavy atom. The molecule has 2 aromatic heterocycles. The van der Waals surface area contributed by atoms with Crippen molar-refractivity contribution in [3.8, 4) is 5.69 Å². The number of rotatable bonds is 4. The van der Waals surface area contributed by atoms with E-state index in [0.717, 1.165) is 0 Å². The molecular weight excluding hydrogens is 308 g/mol. The van der Waals surface area contributed by atoms with Crippen LogP contribution in [-0.4, -0.2) is 27.6 Å². The van der Waals surface area contributed by atoms with Crippen LogP contribution in [-0.2, 0) is 6.61 Å². The summed E-state index contributed by atoms with van der Waals surface area (Å²) in [6.07, 6.45) is 3.00. The number of pyridine rings is 2. The van der Waals surface area contributed by atoms with Crippen molar-refractivity contribution in [1.29, 1.82) is 0 Å². The van der Waals surface area contributed by atoms with E-state index in [1.54, 1.807) is 19.2 Å². The van der Waals surface area contributed by atoms with Gasteiger partial charge in [0.1, 0.15) is 5.56 Å². The van der Waals surface area contributed by atoms with Crippen molar-refractivity contribution in [2.75, 3.05) is 12.4 Å². The first kappa shape index (κ1) is 15.7. The highest BCUT2D eigenvalue weighted by Gasteiger charge is 2.18. The average molecular weight is 324 g/mol. The normalized spacial score (nSPS) is 10.8. The molecule has 7 nitrogen and oxygen atoms in total. The van der Waals surface area contributed by atoms with Crippen LogP contribution in [0.4, 0.5) is 5.69 Å². The third-order valence-corrected chi connectivity index (χ3v) is 3.86. The maximum atomic E-state index is 12.9. The smallest absolute Gasteiger partial charge is 0.268 e. The molecule has 0 bridgehead atoms. The molecule has 2 heterocycles. The van der Waals surface area contributed by atoms with Crippen LogP contribution in [0.3, 0.4) is 0 Å². The Morgan fingerprint density at radius 3 is 2.83 bits per heavy atom. The molecule has 0 aliphatic rings. The lowest BCUT2D eigenvalue weighted by atomic mass is 10.1. The van der Waals surface area contributed by atoms with E-state index in [-0.39, 0.29) is 12.2 Å². The largest absolute Gasteiger partial charge is 0.392 e. The molecule has 0 unspecified atom stereocenters. The van der Waals surface area contributed by atoms with E-state index in [4.69, 9.17) is 5.73 Å². The number of fused-ring (bicyclic) bond motifs is 1. The van der Waals surface area contributed by atoms with E-state index < -0.39 is 11.5 Å².